The van der Waals surface area contributed by atoms with Gasteiger partial charge in [-0.05, 0) is 41.8 Å². The van der Waals surface area contributed by atoms with Crippen molar-refractivity contribution in [2.24, 2.45) is 0 Å². The van der Waals surface area contributed by atoms with Crippen LogP contribution in [0.1, 0.15) is 35.2 Å². The highest BCUT2D eigenvalue weighted by Gasteiger charge is 2.56. The van der Waals surface area contributed by atoms with E-state index in [9.17, 15) is 9.59 Å². The lowest BCUT2D eigenvalue weighted by Crippen LogP contribution is -2.67. The van der Waals surface area contributed by atoms with Crippen molar-refractivity contribution in [3.05, 3.63) is 106 Å². The van der Waals surface area contributed by atoms with Crippen molar-refractivity contribution in [3.8, 4) is 0 Å². The van der Waals surface area contributed by atoms with E-state index in [1.54, 1.807) is 9.80 Å². The van der Waals surface area contributed by atoms with Crippen LogP contribution in [0.4, 0.5) is 0 Å². The predicted molar refractivity (Wildman–Crippen MR) is 133 cm³/mol. The minimum Gasteiger partial charge on any atom is -0.356 e. The molecular formula is C28H24ClN3O2. The number of carbonyl (C=O) groups is 2. The van der Waals surface area contributed by atoms with E-state index in [4.69, 9.17) is 11.6 Å². The van der Waals surface area contributed by atoms with Crippen molar-refractivity contribution < 1.29 is 9.59 Å². The number of rotatable bonds is 3. The van der Waals surface area contributed by atoms with Crippen LogP contribution in [0.25, 0.3) is 10.9 Å². The fourth-order valence-corrected chi connectivity index (χ4v) is 5.73. The largest absolute Gasteiger partial charge is 0.356 e. The molecule has 0 saturated carbocycles. The van der Waals surface area contributed by atoms with E-state index in [1.165, 1.54) is 0 Å². The summed E-state index contributed by atoms with van der Waals surface area (Å²) in [7, 11) is 0. The van der Waals surface area contributed by atoms with Crippen molar-refractivity contribution in [3.63, 3.8) is 0 Å². The van der Waals surface area contributed by atoms with E-state index in [2.05, 4.69) is 11.1 Å². The summed E-state index contributed by atoms with van der Waals surface area (Å²) in [5.41, 5.74) is 3.84. The lowest BCUT2D eigenvalue weighted by atomic mass is 9.76. The van der Waals surface area contributed by atoms with Crippen molar-refractivity contribution in [2.75, 3.05) is 13.1 Å². The average Bonchev–Trinajstić information content (AvgIpc) is 3.25. The predicted octanol–water partition coefficient (Wildman–Crippen LogP) is 5.05. The first kappa shape index (κ1) is 21.0. The van der Waals surface area contributed by atoms with Crippen molar-refractivity contribution >= 4 is 34.3 Å². The van der Waals surface area contributed by atoms with Gasteiger partial charge in [-0.3, -0.25) is 9.59 Å². The third kappa shape index (κ3) is 3.07. The molecule has 0 spiro atoms. The molecular weight excluding hydrogens is 446 g/mol. The molecule has 3 aromatic carbocycles. The van der Waals surface area contributed by atoms with Gasteiger partial charge in [0, 0.05) is 34.9 Å². The Morgan fingerprint density at radius 1 is 0.971 bits per heavy atom. The van der Waals surface area contributed by atoms with Crippen LogP contribution in [-0.4, -0.2) is 39.7 Å². The fourth-order valence-electron chi connectivity index (χ4n) is 5.60. The number of aromatic amines is 1. The SMILES string of the molecule is C[C@]12C(=O)N(Cc3ccccc3)CC(=O)N1CC(c1ccc(Cl)cc1)c1c2[nH]c2ccccc12. The Balaban J connectivity index is 1.52. The van der Waals surface area contributed by atoms with Gasteiger partial charge in [0.15, 0.2) is 5.54 Å². The number of fused-ring (bicyclic) bond motifs is 5. The molecule has 4 aromatic rings. The zero-order chi connectivity index (χ0) is 23.4. The van der Waals surface area contributed by atoms with Crippen LogP contribution >= 0.6 is 11.6 Å². The zero-order valence-electron chi connectivity index (χ0n) is 18.8. The standard InChI is InChI=1S/C28H24ClN3O2/c1-28-26-25(21-9-5-6-10-23(21)30-26)22(19-11-13-20(29)14-12-19)16-32(28)24(33)17-31(27(28)34)15-18-7-3-2-4-8-18/h2-14,22,30H,15-17H2,1H3/t22?,28-/m0/s1. The van der Waals surface area contributed by atoms with Gasteiger partial charge < -0.3 is 14.8 Å². The molecule has 1 fully saturated rings. The van der Waals surface area contributed by atoms with Gasteiger partial charge in [0.1, 0.15) is 6.54 Å². The fraction of sp³-hybridized carbons (Fsp3) is 0.214. The molecule has 3 heterocycles. The number of hydrogen-bond donors (Lipinski definition) is 1. The third-order valence-electron chi connectivity index (χ3n) is 7.31. The van der Waals surface area contributed by atoms with E-state index in [-0.39, 0.29) is 24.3 Å². The van der Waals surface area contributed by atoms with Crippen molar-refractivity contribution in [2.45, 2.75) is 24.9 Å². The number of nitrogens with one attached hydrogen (secondary N) is 1. The highest BCUT2D eigenvalue weighted by atomic mass is 35.5. The third-order valence-corrected chi connectivity index (χ3v) is 7.56. The summed E-state index contributed by atoms with van der Waals surface area (Å²) in [6.45, 7) is 2.81. The normalized spacial score (nSPS) is 22.1. The summed E-state index contributed by atoms with van der Waals surface area (Å²) in [6.07, 6.45) is 0. The van der Waals surface area contributed by atoms with Gasteiger partial charge in [-0.15, -0.1) is 0 Å². The minimum atomic E-state index is -1.10. The van der Waals surface area contributed by atoms with Gasteiger partial charge in [0.25, 0.3) is 5.91 Å². The molecule has 1 unspecified atom stereocenters. The van der Waals surface area contributed by atoms with Crippen LogP contribution in [0.5, 0.6) is 0 Å². The number of hydrogen-bond acceptors (Lipinski definition) is 2. The van der Waals surface area contributed by atoms with E-state index >= 15 is 0 Å². The number of amides is 2. The van der Waals surface area contributed by atoms with Gasteiger partial charge >= 0.3 is 0 Å². The quantitative estimate of drug-likeness (QED) is 0.456. The van der Waals surface area contributed by atoms with E-state index in [0.717, 1.165) is 33.3 Å². The molecule has 0 radical (unpaired) electrons. The lowest BCUT2D eigenvalue weighted by Gasteiger charge is -2.51. The Labute approximate surface area is 202 Å². The van der Waals surface area contributed by atoms with Crippen LogP contribution in [0.15, 0.2) is 78.9 Å². The van der Waals surface area contributed by atoms with Crippen LogP contribution in [0, 0.1) is 0 Å². The Morgan fingerprint density at radius 2 is 1.68 bits per heavy atom. The van der Waals surface area contributed by atoms with E-state index in [1.807, 2.05) is 79.7 Å². The van der Waals surface area contributed by atoms with E-state index in [0.29, 0.717) is 18.1 Å². The Kier molecular flexibility index (Phi) is 4.78. The molecule has 6 rings (SSSR count). The first-order valence-electron chi connectivity index (χ1n) is 11.5. The Hall–Kier alpha value is -3.57. The summed E-state index contributed by atoms with van der Waals surface area (Å²) in [5.74, 6) is -0.159. The number of para-hydroxylation sites is 1. The Bertz CT molecular complexity index is 1410. The van der Waals surface area contributed by atoms with Gasteiger partial charge in [0.2, 0.25) is 5.91 Å². The molecule has 0 bridgehead atoms. The second-order valence-electron chi connectivity index (χ2n) is 9.29. The maximum atomic E-state index is 14.1. The van der Waals surface area contributed by atoms with Gasteiger partial charge in [-0.2, -0.15) is 0 Å². The van der Waals surface area contributed by atoms with Crippen LogP contribution in [0.3, 0.4) is 0 Å². The van der Waals surface area contributed by atoms with E-state index < -0.39 is 5.54 Å². The maximum absolute atomic E-state index is 14.1. The average molecular weight is 470 g/mol. The number of H-pyrrole nitrogens is 1. The van der Waals surface area contributed by atoms with Crippen LogP contribution in [0.2, 0.25) is 5.02 Å². The van der Waals surface area contributed by atoms with Gasteiger partial charge in [0.05, 0.1) is 5.69 Å². The maximum Gasteiger partial charge on any atom is 0.255 e. The first-order valence-corrected chi connectivity index (χ1v) is 11.8. The number of piperazine rings is 1. The van der Waals surface area contributed by atoms with Crippen molar-refractivity contribution in [1.82, 2.24) is 14.8 Å². The smallest absolute Gasteiger partial charge is 0.255 e. The number of aromatic nitrogens is 1. The van der Waals surface area contributed by atoms with Gasteiger partial charge in [-0.1, -0.05) is 72.3 Å². The molecule has 1 aromatic heterocycles. The number of nitrogens with zero attached hydrogens (tertiary/aromatic N) is 2. The van der Waals surface area contributed by atoms with Crippen LogP contribution < -0.4 is 0 Å². The molecule has 170 valence electrons. The number of halogens is 1. The molecule has 2 aliphatic rings. The monoisotopic (exact) mass is 469 g/mol. The second-order valence-corrected chi connectivity index (χ2v) is 9.72. The number of carbonyl (C=O) groups excluding carboxylic acids is 2. The van der Waals surface area contributed by atoms with Crippen LogP contribution in [-0.2, 0) is 21.7 Å². The summed E-state index contributed by atoms with van der Waals surface area (Å²) >= 11 is 6.16. The molecule has 2 atom stereocenters. The molecule has 1 N–H and O–H groups in total. The molecule has 6 heteroatoms. The zero-order valence-corrected chi connectivity index (χ0v) is 19.5. The second kappa shape index (κ2) is 7.74. The summed E-state index contributed by atoms with van der Waals surface area (Å²) in [5, 5.41) is 1.75. The highest BCUT2D eigenvalue weighted by molar-refractivity contribution is 6.30. The highest BCUT2D eigenvalue weighted by Crippen LogP contribution is 2.48. The first-order chi connectivity index (χ1) is 16.5. The topological polar surface area (TPSA) is 56.4 Å². The molecule has 5 nitrogen and oxygen atoms in total. The molecule has 1 saturated heterocycles. The van der Waals surface area contributed by atoms with Crippen molar-refractivity contribution in [1.29, 1.82) is 0 Å². The summed E-state index contributed by atoms with van der Waals surface area (Å²) in [6, 6.07) is 25.7. The molecule has 34 heavy (non-hydrogen) atoms. The Morgan fingerprint density at radius 3 is 2.44 bits per heavy atom. The molecule has 0 aliphatic carbocycles. The summed E-state index contributed by atoms with van der Waals surface area (Å²) < 4.78 is 0. The minimum absolute atomic E-state index is 0.0405. The van der Waals surface area contributed by atoms with Gasteiger partial charge in [-0.25, -0.2) is 0 Å². The summed E-state index contributed by atoms with van der Waals surface area (Å²) in [4.78, 5) is 34.6. The number of benzene rings is 3. The lowest BCUT2D eigenvalue weighted by molar-refractivity contribution is -0.166. The molecule has 2 aliphatic heterocycles. The molecule has 2 amide bonds.